The van der Waals surface area contributed by atoms with Crippen molar-refractivity contribution in [2.45, 2.75) is 34.1 Å². The highest BCUT2D eigenvalue weighted by molar-refractivity contribution is 5.87. The molecule has 2 aromatic carbocycles. The zero-order valence-electron chi connectivity index (χ0n) is 16.1. The molecule has 0 heterocycles. The Hall–Kier alpha value is -2.43. The van der Waals surface area contributed by atoms with E-state index in [2.05, 4.69) is 33.8 Å². The van der Waals surface area contributed by atoms with Crippen molar-refractivity contribution in [2.75, 3.05) is 13.7 Å². The fraction of sp³-hybridized carbons (Fsp3) is 0.318. The highest BCUT2D eigenvalue weighted by atomic mass is 17.2. The van der Waals surface area contributed by atoms with E-state index in [-0.39, 0.29) is 13.0 Å². The van der Waals surface area contributed by atoms with Gasteiger partial charge < -0.3 is 5.11 Å². The third kappa shape index (κ3) is 4.40. The molecule has 0 unspecified atom stereocenters. The zero-order chi connectivity index (χ0) is 19.3. The Balaban J connectivity index is 2.80. The van der Waals surface area contributed by atoms with Gasteiger partial charge in [-0.15, -0.1) is 0 Å². The number of carboxylic acids is 1. The SMILES string of the molecule is COOCC(CC(=O)O)=C(c1ccccc1)c1cc(C)c(C)c(C)c1C. The topological polar surface area (TPSA) is 55.8 Å². The van der Waals surface area contributed by atoms with Crippen LogP contribution in [-0.2, 0) is 14.6 Å². The number of aryl methyl sites for hydroxylation is 1. The van der Waals surface area contributed by atoms with E-state index < -0.39 is 5.97 Å². The maximum atomic E-state index is 11.5. The summed E-state index contributed by atoms with van der Waals surface area (Å²) in [5, 5.41) is 9.42. The summed E-state index contributed by atoms with van der Waals surface area (Å²) in [6.45, 7) is 8.47. The minimum atomic E-state index is -0.897. The molecule has 26 heavy (non-hydrogen) atoms. The van der Waals surface area contributed by atoms with Crippen molar-refractivity contribution < 1.29 is 19.7 Å². The lowest BCUT2D eigenvalue weighted by atomic mass is 9.85. The normalized spacial score (nSPS) is 12.0. The molecule has 0 atom stereocenters. The van der Waals surface area contributed by atoms with E-state index in [0.29, 0.717) is 5.57 Å². The highest BCUT2D eigenvalue weighted by Crippen LogP contribution is 2.34. The fourth-order valence-corrected chi connectivity index (χ4v) is 3.15. The third-order valence-electron chi connectivity index (χ3n) is 4.88. The van der Waals surface area contributed by atoms with Crippen LogP contribution < -0.4 is 0 Å². The summed E-state index contributed by atoms with van der Waals surface area (Å²) in [6.07, 6.45) is -0.112. The van der Waals surface area contributed by atoms with E-state index in [4.69, 9.17) is 9.78 Å². The molecule has 4 nitrogen and oxygen atoms in total. The first-order chi connectivity index (χ1) is 12.4. The van der Waals surface area contributed by atoms with Gasteiger partial charge in [-0.25, -0.2) is 9.78 Å². The second kappa shape index (κ2) is 8.79. The van der Waals surface area contributed by atoms with Gasteiger partial charge in [-0.1, -0.05) is 36.4 Å². The molecule has 0 aliphatic heterocycles. The molecule has 4 heteroatoms. The summed E-state index contributed by atoms with van der Waals surface area (Å²) in [6, 6.07) is 12.0. The lowest BCUT2D eigenvalue weighted by molar-refractivity contribution is -0.265. The molecule has 0 saturated heterocycles. The number of benzene rings is 2. The Morgan fingerprint density at radius 1 is 1.00 bits per heavy atom. The van der Waals surface area contributed by atoms with E-state index in [1.54, 1.807) is 0 Å². The zero-order valence-corrected chi connectivity index (χ0v) is 16.1. The maximum Gasteiger partial charge on any atom is 0.307 e. The van der Waals surface area contributed by atoms with Crippen molar-refractivity contribution in [1.82, 2.24) is 0 Å². The van der Waals surface area contributed by atoms with Gasteiger partial charge in [0.25, 0.3) is 0 Å². The van der Waals surface area contributed by atoms with Crippen LogP contribution in [0.1, 0.15) is 39.8 Å². The minimum absolute atomic E-state index is 0.0957. The molecule has 0 saturated carbocycles. The largest absolute Gasteiger partial charge is 0.481 e. The molecule has 0 fully saturated rings. The van der Waals surface area contributed by atoms with Gasteiger partial charge in [-0.3, -0.25) is 4.79 Å². The molecule has 2 rings (SSSR count). The number of hydrogen-bond donors (Lipinski definition) is 1. The molecule has 1 N–H and O–H groups in total. The molecule has 2 aromatic rings. The van der Waals surface area contributed by atoms with Crippen LogP contribution in [0.4, 0.5) is 0 Å². The first kappa shape index (κ1) is 19.9. The van der Waals surface area contributed by atoms with E-state index in [0.717, 1.165) is 22.3 Å². The number of aliphatic carboxylic acids is 1. The van der Waals surface area contributed by atoms with Crippen molar-refractivity contribution >= 4 is 11.5 Å². The molecular weight excluding hydrogens is 328 g/mol. The summed E-state index contributed by atoms with van der Waals surface area (Å²) >= 11 is 0. The monoisotopic (exact) mass is 354 g/mol. The lowest BCUT2D eigenvalue weighted by Gasteiger charge is -2.20. The molecule has 138 valence electrons. The predicted octanol–water partition coefficient (Wildman–Crippen LogP) is 4.77. The molecule has 0 aliphatic rings. The van der Waals surface area contributed by atoms with Crippen LogP contribution in [0.5, 0.6) is 0 Å². The molecule has 0 amide bonds. The standard InChI is InChI=1S/C22H26O4/c1-14-11-20(17(4)16(3)15(14)2)22(18-9-7-6-8-10-18)19(12-21(23)24)13-26-25-5/h6-11H,12-13H2,1-5H3,(H,23,24). The van der Waals surface area contributed by atoms with Crippen LogP contribution in [0.2, 0.25) is 0 Å². The number of carbonyl (C=O) groups is 1. The second-order valence-electron chi connectivity index (χ2n) is 6.46. The van der Waals surface area contributed by atoms with Crippen LogP contribution in [0, 0.1) is 27.7 Å². The van der Waals surface area contributed by atoms with Gasteiger partial charge >= 0.3 is 5.97 Å². The number of rotatable bonds is 7. The van der Waals surface area contributed by atoms with Gasteiger partial charge in [-0.05, 0) is 72.2 Å². The Morgan fingerprint density at radius 2 is 1.65 bits per heavy atom. The van der Waals surface area contributed by atoms with Crippen molar-refractivity contribution in [3.63, 3.8) is 0 Å². The van der Waals surface area contributed by atoms with Gasteiger partial charge in [0.15, 0.2) is 0 Å². The van der Waals surface area contributed by atoms with Gasteiger partial charge in [0.2, 0.25) is 0 Å². The first-order valence-corrected chi connectivity index (χ1v) is 8.59. The van der Waals surface area contributed by atoms with Crippen LogP contribution in [0.3, 0.4) is 0 Å². The lowest BCUT2D eigenvalue weighted by Crippen LogP contribution is -2.09. The third-order valence-corrected chi connectivity index (χ3v) is 4.88. The van der Waals surface area contributed by atoms with Crippen molar-refractivity contribution in [3.8, 4) is 0 Å². The molecule has 0 aromatic heterocycles. The molecule has 0 spiro atoms. The molecule has 0 bridgehead atoms. The summed E-state index contributed by atoms with van der Waals surface area (Å²) in [5.41, 5.74) is 8.38. The average molecular weight is 354 g/mol. The van der Waals surface area contributed by atoms with Gasteiger partial charge in [0, 0.05) is 0 Å². The van der Waals surface area contributed by atoms with Crippen LogP contribution in [0.15, 0.2) is 42.0 Å². The minimum Gasteiger partial charge on any atom is -0.481 e. The molecule has 0 radical (unpaired) electrons. The fourth-order valence-electron chi connectivity index (χ4n) is 3.15. The van der Waals surface area contributed by atoms with Gasteiger partial charge in [0.05, 0.1) is 13.5 Å². The maximum absolute atomic E-state index is 11.5. The Kier molecular flexibility index (Phi) is 6.72. The Labute approximate surface area is 155 Å². The molecule has 0 aliphatic carbocycles. The van der Waals surface area contributed by atoms with E-state index in [1.807, 2.05) is 30.3 Å². The van der Waals surface area contributed by atoms with Crippen LogP contribution >= 0.6 is 0 Å². The summed E-state index contributed by atoms with van der Waals surface area (Å²) in [5.74, 6) is -0.897. The molecular formula is C22H26O4. The van der Waals surface area contributed by atoms with Crippen molar-refractivity contribution in [2.24, 2.45) is 0 Å². The summed E-state index contributed by atoms with van der Waals surface area (Å²) in [4.78, 5) is 21.4. The van der Waals surface area contributed by atoms with Crippen molar-refractivity contribution in [1.29, 1.82) is 0 Å². The van der Waals surface area contributed by atoms with E-state index in [9.17, 15) is 9.90 Å². The second-order valence-corrected chi connectivity index (χ2v) is 6.46. The predicted molar refractivity (Wildman–Crippen MR) is 103 cm³/mol. The van der Waals surface area contributed by atoms with Gasteiger partial charge in [0.1, 0.15) is 6.61 Å². The summed E-state index contributed by atoms with van der Waals surface area (Å²) in [7, 11) is 1.42. The van der Waals surface area contributed by atoms with Crippen molar-refractivity contribution in [3.05, 3.63) is 75.4 Å². The van der Waals surface area contributed by atoms with Crippen LogP contribution in [0.25, 0.3) is 5.57 Å². The van der Waals surface area contributed by atoms with Gasteiger partial charge in [-0.2, -0.15) is 0 Å². The average Bonchev–Trinajstić information content (AvgIpc) is 2.62. The summed E-state index contributed by atoms with van der Waals surface area (Å²) < 4.78 is 0. The van der Waals surface area contributed by atoms with E-state index >= 15 is 0 Å². The highest BCUT2D eigenvalue weighted by Gasteiger charge is 2.19. The number of hydrogen-bond acceptors (Lipinski definition) is 3. The quantitative estimate of drug-likeness (QED) is 0.574. The van der Waals surface area contributed by atoms with Crippen LogP contribution in [-0.4, -0.2) is 24.8 Å². The smallest absolute Gasteiger partial charge is 0.307 e. The van der Waals surface area contributed by atoms with E-state index in [1.165, 1.54) is 23.8 Å². The number of carboxylic acid groups (broad SMARTS) is 1. The Bertz CT molecular complexity index is 820. The first-order valence-electron chi connectivity index (χ1n) is 8.59. The Morgan fingerprint density at radius 3 is 2.23 bits per heavy atom.